The largest absolute Gasteiger partial charge is 0.348 e. The molecule has 2 aromatic carbocycles. The zero-order valence-corrected chi connectivity index (χ0v) is 21.5. The van der Waals surface area contributed by atoms with Crippen LogP contribution in [0.15, 0.2) is 66.0 Å². The molecule has 5 rings (SSSR count). The highest BCUT2D eigenvalue weighted by Gasteiger charge is 2.20. The standard InChI is InChI=1S/C29H30N4O2S/c1-20-16-25(21(2)33(20)15-13-22-8-4-3-5-9-22)26-19-36-29(30-26)31-28(35)24-11-6-10-23(17-24)18-32-14-7-12-27(32)34/h3-6,8-11,16-17,19H,7,12-15,18H2,1-2H3,(H,30,31,35). The second kappa shape index (κ2) is 10.5. The number of carbonyl (C=O) groups excluding carboxylic acids is 2. The van der Waals surface area contributed by atoms with Crippen LogP contribution >= 0.6 is 11.3 Å². The molecule has 4 aromatic rings. The van der Waals surface area contributed by atoms with Crippen molar-refractivity contribution in [3.05, 3.63) is 94.1 Å². The highest BCUT2D eigenvalue weighted by molar-refractivity contribution is 7.14. The van der Waals surface area contributed by atoms with Crippen LogP contribution in [-0.2, 0) is 24.3 Å². The smallest absolute Gasteiger partial charge is 0.257 e. The zero-order valence-electron chi connectivity index (χ0n) is 20.7. The Labute approximate surface area is 215 Å². The maximum atomic E-state index is 12.9. The third-order valence-electron chi connectivity index (χ3n) is 6.78. The van der Waals surface area contributed by atoms with E-state index >= 15 is 0 Å². The van der Waals surface area contributed by atoms with Crippen LogP contribution in [0.4, 0.5) is 5.13 Å². The number of carbonyl (C=O) groups is 2. The van der Waals surface area contributed by atoms with Gasteiger partial charge in [-0.3, -0.25) is 14.9 Å². The molecule has 1 aliphatic heterocycles. The van der Waals surface area contributed by atoms with Crippen molar-refractivity contribution >= 4 is 28.3 Å². The minimum atomic E-state index is -0.196. The van der Waals surface area contributed by atoms with E-state index in [0.717, 1.165) is 42.8 Å². The molecule has 0 spiro atoms. The van der Waals surface area contributed by atoms with E-state index in [1.165, 1.54) is 28.3 Å². The van der Waals surface area contributed by atoms with Crippen LogP contribution in [0.5, 0.6) is 0 Å². The fourth-order valence-corrected chi connectivity index (χ4v) is 5.52. The average molecular weight is 499 g/mol. The lowest BCUT2D eigenvalue weighted by Gasteiger charge is -2.15. The first-order valence-corrected chi connectivity index (χ1v) is 13.2. The summed E-state index contributed by atoms with van der Waals surface area (Å²) in [5, 5.41) is 5.51. The minimum Gasteiger partial charge on any atom is -0.348 e. The summed E-state index contributed by atoms with van der Waals surface area (Å²) in [7, 11) is 0. The van der Waals surface area contributed by atoms with Crippen molar-refractivity contribution < 1.29 is 9.59 Å². The second-order valence-corrected chi connectivity index (χ2v) is 10.1. The predicted molar refractivity (Wildman–Crippen MR) is 144 cm³/mol. The summed E-state index contributed by atoms with van der Waals surface area (Å²) in [4.78, 5) is 31.4. The molecule has 1 N–H and O–H groups in total. The molecule has 2 aromatic heterocycles. The molecule has 2 amide bonds. The topological polar surface area (TPSA) is 67.2 Å². The van der Waals surface area contributed by atoms with Gasteiger partial charge in [0.1, 0.15) is 0 Å². The van der Waals surface area contributed by atoms with Gasteiger partial charge in [-0.05, 0) is 56.0 Å². The van der Waals surface area contributed by atoms with Gasteiger partial charge in [0.2, 0.25) is 5.91 Å². The number of likely N-dealkylation sites (tertiary alicyclic amines) is 1. The number of anilines is 1. The number of benzene rings is 2. The van der Waals surface area contributed by atoms with Crippen LogP contribution in [0.3, 0.4) is 0 Å². The number of aromatic nitrogens is 2. The quantitative estimate of drug-likeness (QED) is 0.332. The molecule has 3 heterocycles. The zero-order chi connectivity index (χ0) is 25.1. The molecule has 0 radical (unpaired) electrons. The van der Waals surface area contributed by atoms with Crippen LogP contribution in [0.25, 0.3) is 11.3 Å². The molecule has 1 aliphatic rings. The normalized spacial score (nSPS) is 13.4. The van der Waals surface area contributed by atoms with Crippen LogP contribution in [0.1, 0.15) is 45.7 Å². The Morgan fingerprint density at radius 1 is 1.06 bits per heavy atom. The molecule has 0 bridgehead atoms. The van der Waals surface area contributed by atoms with Gasteiger partial charge >= 0.3 is 0 Å². The molecule has 6 nitrogen and oxygen atoms in total. The van der Waals surface area contributed by atoms with Crippen molar-refractivity contribution in [3.63, 3.8) is 0 Å². The third-order valence-corrected chi connectivity index (χ3v) is 7.53. The fourth-order valence-electron chi connectivity index (χ4n) is 4.82. The van der Waals surface area contributed by atoms with Crippen LogP contribution in [-0.4, -0.2) is 32.8 Å². The SMILES string of the molecule is Cc1cc(-c2csc(NC(=O)c3cccc(CN4CCCC4=O)c3)n2)c(C)n1CCc1ccccc1. The molecule has 0 aliphatic carbocycles. The number of amides is 2. The number of nitrogens with zero attached hydrogens (tertiary/aromatic N) is 3. The van der Waals surface area contributed by atoms with E-state index < -0.39 is 0 Å². The summed E-state index contributed by atoms with van der Waals surface area (Å²) in [6.45, 7) is 6.49. The summed E-state index contributed by atoms with van der Waals surface area (Å²) in [5.41, 5.74) is 7.18. The van der Waals surface area contributed by atoms with Gasteiger partial charge in [-0.25, -0.2) is 4.98 Å². The molecule has 36 heavy (non-hydrogen) atoms. The molecule has 184 valence electrons. The van der Waals surface area contributed by atoms with Crippen molar-refractivity contribution in [2.45, 2.75) is 46.2 Å². The van der Waals surface area contributed by atoms with Crippen LogP contribution < -0.4 is 5.32 Å². The summed E-state index contributed by atoms with van der Waals surface area (Å²) < 4.78 is 2.33. The maximum absolute atomic E-state index is 12.9. The molecule has 1 fully saturated rings. The molecule has 0 saturated carbocycles. The molecular weight excluding hydrogens is 468 g/mol. The molecule has 0 atom stereocenters. The lowest BCUT2D eigenvalue weighted by Crippen LogP contribution is -2.24. The van der Waals surface area contributed by atoms with Gasteiger partial charge in [-0.1, -0.05) is 42.5 Å². The van der Waals surface area contributed by atoms with E-state index in [2.05, 4.69) is 54.1 Å². The van der Waals surface area contributed by atoms with Gasteiger partial charge in [0.05, 0.1) is 5.69 Å². The van der Waals surface area contributed by atoms with Crippen molar-refractivity contribution in [2.75, 3.05) is 11.9 Å². The first-order valence-electron chi connectivity index (χ1n) is 12.3. The lowest BCUT2D eigenvalue weighted by atomic mass is 10.1. The van der Waals surface area contributed by atoms with Crippen LogP contribution in [0, 0.1) is 13.8 Å². The number of rotatable bonds is 8. The number of nitrogens with one attached hydrogen (secondary N) is 1. The van der Waals surface area contributed by atoms with Crippen molar-refractivity contribution in [3.8, 4) is 11.3 Å². The van der Waals surface area contributed by atoms with E-state index in [4.69, 9.17) is 4.98 Å². The van der Waals surface area contributed by atoms with Crippen LogP contribution in [0.2, 0.25) is 0 Å². The lowest BCUT2D eigenvalue weighted by molar-refractivity contribution is -0.128. The van der Waals surface area contributed by atoms with Gasteiger partial charge < -0.3 is 9.47 Å². The van der Waals surface area contributed by atoms with Gasteiger partial charge in [0, 0.05) is 53.9 Å². The summed E-state index contributed by atoms with van der Waals surface area (Å²) in [6, 6.07) is 20.1. The minimum absolute atomic E-state index is 0.180. The van der Waals surface area contributed by atoms with E-state index in [0.29, 0.717) is 23.7 Å². The Morgan fingerprint density at radius 3 is 2.64 bits per heavy atom. The van der Waals surface area contributed by atoms with E-state index in [-0.39, 0.29) is 11.8 Å². The third kappa shape index (κ3) is 5.26. The maximum Gasteiger partial charge on any atom is 0.257 e. The molecule has 1 saturated heterocycles. The average Bonchev–Trinajstić information content (AvgIpc) is 3.58. The highest BCUT2D eigenvalue weighted by atomic mass is 32.1. The van der Waals surface area contributed by atoms with Gasteiger partial charge in [0.15, 0.2) is 5.13 Å². The van der Waals surface area contributed by atoms with Gasteiger partial charge in [0.25, 0.3) is 5.91 Å². The van der Waals surface area contributed by atoms with E-state index in [1.54, 1.807) is 6.07 Å². The summed E-state index contributed by atoms with van der Waals surface area (Å²) in [5.74, 6) is -0.0153. The first kappa shape index (κ1) is 24.0. The molecule has 0 unspecified atom stereocenters. The Hall–Kier alpha value is -3.71. The molecule has 7 heteroatoms. The molecular formula is C29H30N4O2S. The first-order chi connectivity index (χ1) is 17.5. The highest BCUT2D eigenvalue weighted by Crippen LogP contribution is 2.30. The Kier molecular flexibility index (Phi) is 7.00. The van der Waals surface area contributed by atoms with Crippen molar-refractivity contribution in [1.82, 2.24) is 14.5 Å². The fraction of sp³-hybridized carbons (Fsp3) is 0.276. The predicted octanol–water partition coefficient (Wildman–Crippen LogP) is 5.85. The van der Waals surface area contributed by atoms with E-state index in [9.17, 15) is 9.59 Å². The van der Waals surface area contributed by atoms with Crippen molar-refractivity contribution in [1.29, 1.82) is 0 Å². The van der Waals surface area contributed by atoms with E-state index in [1.807, 2.05) is 34.5 Å². The van der Waals surface area contributed by atoms with Gasteiger partial charge in [-0.2, -0.15) is 0 Å². The summed E-state index contributed by atoms with van der Waals surface area (Å²) in [6.07, 6.45) is 2.49. The number of thiazole rings is 1. The Bertz CT molecular complexity index is 1390. The number of hydrogen-bond acceptors (Lipinski definition) is 4. The van der Waals surface area contributed by atoms with Crippen molar-refractivity contribution in [2.24, 2.45) is 0 Å². The number of aryl methyl sites for hydroxylation is 2. The monoisotopic (exact) mass is 498 g/mol. The number of hydrogen-bond donors (Lipinski definition) is 1. The Morgan fingerprint density at radius 2 is 1.86 bits per heavy atom. The second-order valence-electron chi connectivity index (χ2n) is 9.28. The van der Waals surface area contributed by atoms with Gasteiger partial charge in [-0.15, -0.1) is 11.3 Å². The Balaban J connectivity index is 1.26. The summed E-state index contributed by atoms with van der Waals surface area (Å²) >= 11 is 1.43.